The summed E-state index contributed by atoms with van der Waals surface area (Å²) in [5.41, 5.74) is 0.624. The van der Waals surface area contributed by atoms with Gasteiger partial charge >= 0.3 is 0 Å². The molecule has 0 saturated heterocycles. The lowest BCUT2D eigenvalue weighted by atomic mass is 10.1. The summed E-state index contributed by atoms with van der Waals surface area (Å²) in [6, 6.07) is 6.87. The van der Waals surface area contributed by atoms with E-state index in [4.69, 9.17) is 0 Å². The van der Waals surface area contributed by atoms with Crippen LogP contribution in [0.3, 0.4) is 0 Å². The molecule has 1 heterocycles. The van der Waals surface area contributed by atoms with Crippen LogP contribution in [0.1, 0.15) is 16.8 Å². The van der Waals surface area contributed by atoms with Gasteiger partial charge < -0.3 is 34.0 Å². The summed E-state index contributed by atoms with van der Waals surface area (Å²) in [7, 11) is -9.09. The van der Waals surface area contributed by atoms with Gasteiger partial charge in [0.25, 0.3) is 5.91 Å². The van der Waals surface area contributed by atoms with Crippen LogP contribution in [0.2, 0.25) is 0 Å². The zero-order valence-corrected chi connectivity index (χ0v) is 13.8. The van der Waals surface area contributed by atoms with Crippen LogP contribution in [0.5, 0.6) is 0 Å². The normalized spacial score (nSPS) is 15.3. The lowest BCUT2D eigenvalue weighted by Gasteiger charge is -2.64. The van der Waals surface area contributed by atoms with Crippen molar-refractivity contribution in [1.29, 1.82) is 0 Å². The van der Waals surface area contributed by atoms with Gasteiger partial charge in [0.1, 0.15) is 10.1 Å². The van der Waals surface area contributed by atoms with Crippen molar-refractivity contribution in [2.24, 2.45) is 0 Å². The van der Waals surface area contributed by atoms with Gasteiger partial charge in [0.05, 0.1) is 10.6 Å². The summed E-state index contributed by atoms with van der Waals surface area (Å²) in [6.07, 6.45) is -0.0470. The molecule has 0 fully saturated rings. The molecule has 130 valence electrons. The summed E-state index contributed by atoms with van der Waals surface area (Å²) in [6.45, 7) is -0.00639. The Morgan fingerprint density at radius 3 is 2.33 bits per heavy atom. The van der Waals surface area contributed by atoms with E-state index in [2.05, 4.69) is 0 Å². The Kier molecular flexibility index (Phi) is 4.06. The van der Waals surface area contributed by atoms with E-state index in [0.29, 0.717) is 11.1 Å². The molecule has 2 aromatic rings. The number of carbonyl (C=O) groups is 1. The van der Waals surface area contributed by atoms with Crippen molar-refractivity contribution in [2.75, 3.05) is 17.2 Å². The maximum absolute atomic E-state index is 12.5. The van der Waals surface area contributed by atoms with E-state index in [-0.39, 0.29) is 23.9 Å². The first-order chi connectivity index (χ1) is 11.1. The largest absolute Gasteiger partial charge is 0.834 e. The molecule has 0 radical (unpaired) electrons. The average molecular weight is 369 g/mol. The van der Waals surface area contributed by atoms with E-state index < -0.39 is 37.5 Å². The SMILES string of the molecule is O=C1c2cccc3c(S(=O)(=O)[O-])ccc(c23)N1CCCS([O-])([O-])[O-]. The van der Waals surface area contributed by atoms with Crippen molar-refractivity contribution in [3.05, 3.63) is 35.9 Å². The zero-order valence-electron chi connectivity index (χ0n) is 12.1. The molecule has 1 aliphatic heterocycles. The van der Waals surface area contributed by atoms with Gasteiger partial charge in [0, 0.05) is 22.9 Å². The smallest absolute Gasteiger partial charge is 0.258 e. The number of benzene rings is 2. The molecular formula is C14H11NO7S2-4. The van der Waals surface area contributed by atoms with Crippen LogP contribution in [-0.4, -0.2) is 44.8 Å². The fourth-order valence-corrected chi connectivity index (χ4v) is 4.02. The maximum Gasteiger partial charge on any atom is 0.258 e. The van der Waals surface area contributed by atoms with E-state index in [1.54, 1.807) is 0 Å². The molecule has 0 N–H and O–H groups in total. The molecule has 0 atom stereocenters. The van der Waals surface area contributed by atoms with Crippen LogP contribution < -0.4 is 4.90 Å². The zero-order chi connectivity index (χ0) is 17.7. The maximum atomic E-state index is 12.5. The van der Waals surface area contributed by atoms with Crippen molar-refractivity contribution in [1.82, 2.24) is 0 Å². The monoisotopic (exact) mass is 369 g/mol. The molecule has 2 aromatic carbocycles. The molecule has 24 heavy (non-hydrogen) atoms. The van der Waals surface area contributed by atoms with Crippen molar-refractivity contribution in [3.8, 4) is 0 Å². The van der Waals surface area contributed by atoms with Gasteiger partial charge in [-0.25, -0.2) is 8.42 Å². The number of amides is 1. The molecule has 10 heteroatoms. The molecule has 0 saturated carbocycles. The Balaban J connectivity index is 2.05. The quantitative estimate of drug-likeness (QED) is 0.721. The van der Waals surface area contributed by atoms with Crippen LogP contribution in [0.25, 0.3) is 10.8 Å². The van der Waals surface area contributed by atoms with E-state index in [1.165, 1.54) is 29.2 Å². The van der Waals surface area contributed by atoms with Gasteiger partial charge in [-0.05, 0) is 24.6 Å². The Hall–Kier alpha value is -1.69. The first-order valence-electron chi connectivity index (χ1n) is 6.87. The molecule has 0 unspecified atom stereocenters. The van der Waals surface area contributed by atoms with Crippen LogP contribution >= 0.6 is 10.9 Å². The standard InChI is InChI=1S/C14H15NO7S2/c16-14-10-4-1-3-9-12(24(20,21)22)6-5-11(13(9)10)15(14)7-2-8-23(17,18)19/h1,3-6,17-19H,2,7-8H2,(H,20,21,22)/p-4. The Labute approximate surface area is 139 Å². The summed E-state index contributed by atoms with van der Waals surface area (Å²) in [5, 5.41) is 0.483. The number of rotatable bonds is 5. The Bertz CT molecular complexity index is 934. The van der Waals surface area contributed by atoms with Crippen LogP contribution in [-0.2, 0) is 10.1 Å². The number of anilines is 1. The number of hydrogen-bond acceptors (Lipinski definition) is 7. The van der Waals surface area contributed by atoms with Crippen LogP contribution in [0.15, 0.2) is 35.2 Å². The number of carbonyl (C=O) groups excluding carboxylic acids is 1. The lowest BCUT2D eigenvalue weighted by molar-refractivity contribution is 0.0993. The van der Waals surface area contributed by atoms with E-state index in [1.807, 2.05) is 0 Å². The molecule has 0 aliphatic carbocycles. The molecule has 0 bridgehead atoms. The van der Waals surface area contributed by atoms with Crippen LogP contribution in [0.4, 0.5) is 5.69 Å². The Morgan fingerprint density at radius 2 is 1.71 bits per heavy atom. The number of hydrogen-bond donors (Lipinski definition) is 0. The van der Waals surface area contributed by atoms with Gasteiger partial charge in [-0.3, -0.25) is 4.79 Å². The highest BCUT2D eigenvalue weighted by Gasteiger charge is 2.30. The summed E-state index contributed by atoms with van der Waals surface area (Å²) in [4.78, 5) is 13.3. The molecular weight excluding hydrogens is 358 g/mol. The lowest BCUT2D eigenvalue weighted by Crippen LogP contribution is -2.28. The second-order valence-electron chi connectivity index (χ2n) is 5.34. The molecule has 1 aliphatic rings. The topological polar surface area (TPSA) is 147 Å². The summed E-state index contributed by atoms with van der Waals surface area (Å²) in [5.74, 6) is -1.04. The summed E-state index contributed by atoms with van der Waals surface area (Å²) >= 11 is 0. The third kappa shape index (κ3) is 2.99. The highest BCUT2D eigenvalue weighted by atomic mass is 32.3. The van der Waals surface area contributed by atoms with Gasteiger partial charge in [-0.15, -0.1) is 0 Å². The first kappa shape index (κ1) is 17.1. The minimum atomic E-state index is -4.71. The van der Waals surface area contributed by atoms with Gasteiger partial charge in [0.15, 0.2) is 0 Å². The fraction of sp³-hybridized carbons (Fsp3) is 0.214. The molecule has 0 spiro atoms. The minimum Gasteiger partial charge on any atom is -0.834 e. The van der Waals surface area contributed by atoms with Crippen molar-refractivity contribution >= 4 is 43.4 Å². The first-order valence-corrected chi connectivity index (χ1v) is 9.85. The van der Waals surface area contributed by atoms with Crippen LogP contribution in [0, 0.1) is 0 Å². The highest BCUT2D eigenvalue weighted by molar-refractivity contribution is 8.19. The second-order valence-corrected chi connectivity index (χ2v) is 8.21. The van der Waals surface area contributed by atoms with Crippen molar-refractivity contribution in [2.45, 2.75) is 11.3 Å². The third-order valence-electron chi connectivity index (χ3n) is 3.79. The van der Waals surface area contributed by atoms with E-state index in [9.17, 15) is 31.4 Å². The third-order valence-corrected chi connectivity index (χ3v) is 5.47. The van der Waals surface area contributed by atoms with E-state index >= 15 is 0 Å². The molecule has 1 amide bonds. The molecule has 8 nitrogen and oxygen atoms in total. The predicted octanol–water partition coefficient (Wildman–Crippen LogP) is 1.29. The van der Waals surface area contributed by atoms with Gasteiger partial charge in [-0.2, -0.15) is 0 Å². The van der Waals surface area contributed by atoms with E-state index in [0.717, 1.165) is 6.07 Å². The Morgan fingerprint density at radius 1 is 1.00 bits per heavy atom. The minimum absolute atomic E-state index is 0.00639. The van der Waals surface area contributed by atoms with Gasteiger partial charge in [0.2, 0.25) is 0 Å². The molecule has 0 aromatic heterocycles. The predicted molar refractivity (Wildman–Crippen MR) is 83.0 cm³/mol. The highest BCUT2D eigenvalue weighted by Crippen LogP contribution is 2.40. The van der Waals surface area contributed by atoms with Crippen molar-refractivity contribution < 1.29 is 31.4 Å². The second kappa shape index (κ2) is 5.69. The number of nitrogens with zero attached hydrogens (tertiary/aromatic N) is 1. The summed E-state index contributed by atoms with van der Waals surface area (Å²) < 4.78 is 66.2. The van der Waals surface area contributed by atoms with Gasteiger partial charge in [-0.1, -0.05) is 17.9 Å². The van der Waals surface area contributed by atoms with Crippen molar-refractivity contribution in [3.63, 3.8) is 0 Å². The molecule has 3 rings (SSSR count). The fourth-order valence-electron chi connectivity index (χ4n) is 2.86. The average Bonchev–Trinajstić information content (AvgIpc) is 2.73.